The third-order valence-electron chi connectivity index (χ3n) is 2.04. The Morgan fingerprint density at radius 2 is 1.20 bits per heavy atom. The molecule has 10 heavy (non-hydrogen) atoms. The second-order valence-electron chi connectivity index (χ2n) is 2.91. The van der Waals surface area contributed by atoms with Crippen LogP contribution in [-0.2, 0) is 0 Å². The molecule has 0 amide bonds. The van der Waals surface area contributed by atoms with E-state index in [1.54, 1.807) is 0 Å². The minimum Gasteiger partial charge on any atom is -0.390 e. The zero-order valence-corrected chi connectivity index (χ0v) is 5.90. The summed E-state index contributed by atoms with van der Waals surface area (Å²) in [6.07, 6.45) is 0.638. The van der Waals surface area contributed by atoms with Gasteiger partial charge in [0.1, 0.15) is 6.10 Å². The summed E-state index contributed by atoms with van der Waals surface area (Å²) in [5, 5.41) is 27.4. The van der Waals surface area contributed by atoms with Crippen molar-refractivity contribution in [3.05, 3.63) is 0 Å². The molecule has 0 aromatic heterocycles. The van der Waals surface area contributed by atoms with Crippen molar-refractivity contribution < 1.29 is 15.3 Å². The standard InChI is InChI=1S/C7H14O3/c8-5-3-1-2-4-6(9)7(5)10/h5-10H,1-4H2. The smallest absolute Gasteiger partial charge is 0.106 e. The highest BCUT2D eigenvalue weighted by Gasteiger charge is 2.26. The van der Waals surface area contributed by atoms with E-state index in [1.165, 1.54) is 0 Å². The van der Waals surface area contributed by atoms with E-state index in [0.29, 0.717) is 12.8 Å². The summed E-state index contributed by atoms with van der Waals surface area (Å²) in [5.41, 5.74) is 0. The molecule has 3 heteroatoms. The Labute approximate surface area is 60.3 Å². The van der Waals surface area contributed by atoms with Gasteiger partial charge in [0.25, 0.3) is 0 Å². The highest BCUT2D eigenvalue weighted by atomic mass is 16.4. The molecule has 2 atom stereocenters. The van der Waals surface area contributed by atoms with Crippen molar-refractivity contribution in [2.75, 3.05) is 0 Å². The average Bonchev–Trinajstić information content (AvgIpc) is 2.04. The molecule has 3 N–H and O–H groups in total. The summed E-state index contributed by atoms with van der Waals surface area (Å²) in [4.78, 5) is 0. The molecular weight excluding hydrogens is 132 g/mol. The van der Waals surface area contributed by atoms with Crippen LogP contribution in [0.5, 0.6) is 0 Å². The van der Waals surface area contributed by atoms with Gasteiger partial charge in [-0.1, -0.05) is 12.8 Å². The monoisotopic (exact) mass is 146 g/mol. The molecule has 0 saturated heterocycles. The molecular formula is C7H14O3. The van der Waals surface area contributed by atoms with Gasteiger partial charge in [-0.2, -0.15) is 0 Å². The Balaban J connectivity index is 2.46. The largest absolute Gasteiger partial charge is 0.390 e. The van der Waals surface area contributed by atoms with Crippen LogP contribution in [0.15, 0.2) is 0 Å². The maximum absolute atomic E-state index is 9.13. The van der Waals surface area contributed by atoms with Gasteiger partial charge in [-0.3, -0.25) is 0 Å². The summed E-state index contributed by atoms with van der Waals surface area (Å²) >= 11 is 0. The van der Waals surface area contributed by atoms with E-state index in [0.717, 1.165) is 12.8 Å². The van der Waals surface area contributed by atoms with Crippen LogP contribution in [0.25, 0.3) is 0 Å². The van der Waals surface area contributed by atoms with Gasteiger partial charge in [0.15, 0.2) is 0 Å². The first-order valence-corrected chi connectivity index (χ1v) is 3.76. The van der Waals surface area contributed by atoms with Gasteiger partial charge in [-0.05, 0) is 12.8 Å². The van der Waals surface area contributed by atoms with Crippen LogP contribution >= 0.6 is 0 Å². The van der Waals surface area contributed by atoms with Crippen LogP contribution in [-0.4, -0.2) is 33.6 Å². The molecule has 0 radical (unpaired) electrons. The fourth-order valence-electron chi connectivity index (χ4n) is 1.30. The number of hydrogen-bond acceptors (Lipinski definition) is 3. The average molecular weight is 146 g/mol. The van der Waals surface area contributed by atoms with E-state index in [9.17, 15) is 0 Å². The molecule has 1 fully saturated rings. The van der Waals surface area contributed by atoms with Crippen LogP contribution in [0.3, 0.4) is 0 Å². The molecule has 0 spiro atoms. The quantitative estimate of drug-likeness (QED) is 0.409. The van der Waals surface area contributed by atoms with Crippen molar-refractivity contribution in [1.82, 2.24) is 0 Å². The maximum atomic E-state index is 9.13. The van der Waals surface area contributed by atoms with Crippen molar-refractivity contribution in [1.29, 1.82) is 0 Å². The Morgan fingerprint density at radius 1 is 0.800 bits per heavy atom. The van der Waals surface area contributed by atoms with Crippen molar-refractivity contribution in [3.8, 4) is 0 Å². The first-order valence-electron chi connectivity index (χ1n) is 3.76. The number of aliphatic hydroxyl groups is 3. The Morgan fingerprint density at radius 3 is 1.60 bits per heavy atom. The molecule has 60 valence electrons. The van der Waals surface area contributed by atoms with Crippen molar-refractivity contribution >= 4 is 0 Å². The van der Waals surface area contributed by atoms with Gasteiger partial charge in [0, 0.05) is 0 Å². The molecule has 0 heterocycles. The summed E-state index contributed by atoms with van der Waals surface area (Å²) in [7, 11) is 0. The molecule has 0 aromatic rings. The molecule has 0 aromatic carbocycles. The third kappa shape index (κ3) is 1.68. The zero-order chi connectivity index (χ0) is 7.56. The van der Waals surface area contributed by atoms with E-state index >= 15 is 0 Å². The fourth-order valence-corrected chi connectivity index (χ4v) is 1.30. The highest BCUT2D eigenvalue weighted by Crippen LogP contribution is 2.18. The molecule has 3 nitrogen and oxygen atoms in total. The van der Waals surface area contributed by atoms with Gasteiger partial charge in [0.05, 0.1) is 12.2 Å². The van der Waals surface area contributed by atoms with Crippen molar-refractivity contribution in [2.24, 2.45) is 0 Å². The van der Waals surface area contributed by atoms with Gasteiger partial charge in [0.2, 0.25) is 0 Å². The Bertz CT molecular complexity index is 93.0. The molecule has 1 aliphatic rings. The molecule has 0 bridgehead atoms. The Hall–Kier alpha value is -0.120. The van der Waals surface area contributed by atoms with E-state index in [2.05, 4.69) is 0 Å². The fraction of sp³-hybridized carbons (Fsp3) is 1.00. The van der Waals surface area contributed by atoms with E-state index in [4.69, 9.17) is 15.3 Å². The van der Waals surface area contributed by atoms with Gasteiger partial charge in [-0.25, -0.2) is 0 Å². The van der Waals surface area contributed by atoms with Crippen LogP contribution < -0.4 is 0 Å². The predicted octanol–water partition coefficient (Wildman–Crippen LogP) is -0.357. The van der Waals surface area contributed by atoms with Crippen LogP contribution in [0, 0.1) is 0 Å². The number of hydrogen-bond donors (Lipinski definition) is 3. The van der Waals surface area contributed by atoms with Crippen LogP contribution in [0.1, 0.15) is 25.7 Å². The van der Waals surface area contributed by atoms with Gasteiger partial charge < -0.3 is 15.3 Å². The van der Waals surface area contributed by atoms with Crippen LogP contribution in [0.2, 0.25) is 0 Å². The minimum atomic E-state index is -0.928. The van der Waals surface area contributed by atoms with Crippen molar-refractivity contribution in [2.45, 2.75) is 44.0 Å². The zero-order valence-electron chi connectivity index (χ0n) is 5.90. The highest BCUT2D eigenvalue weighted by molar-refractivity contribution is 4.78. The minimum absolute atomic E-state index is 0.609. The lowest BCUT2D eigenvalue weighted by atomic mass is 10.1. The predicted molar refractivity (Wildman–Crippen MR) is 36.5 cm³/mol. The normalized spacial score (nSPS) is 42.9. The maximum Gasteiger partial charge on any atom is 0.106 e. The van der Waals surface area contributed by atoms with Gasteiger partial charge >= 0.3 is 0 Å². The first kappa shape index (κ1) is 7.98. The molecule has 1 rings (SSSR count). The summed E-state index contributed by atoms with van der Waals surface area (Å²) in [5.74, 6) is 0. The lowest BCUT2D eigenvalue weighted by Gasteiger charge is -2.18. The lowest BCUT2D eigenvalue weighted by molar-refractivity contribution is -0.0553. The molecule has 0 aliphatic heterocycles. The molecule has 2 unspecified atom stereocenters. The second-order valence-corrected chi connectivity index (χ2v) is 2.91. The number of aliphatic hydroxyl groups excluding tert-OH is 3. The third-order valence-corrected chi connectivity index (χ3v) is 2.04. The summed E-state index contributed by atoms with van der Waals surface area (Å²) in [6.45, 7) is 0. The van der Waals surface area contributed by atoms with E-state index in [-0.39, 0.29) is 0 Å². The first-order chi connectivity index (χ1) is 4.72. The summed E-state index contributed by atoms with van der Waals surface area (Å²) in [6, 6.07) is 0. The summed E-state index contributed by atoms with van der Waals surface area (Å²) < 4.78 is 0. The van der Waals surface area contributed by atoms with Gasteiger partial charge in [-0.15, -0.1) is 0 Å². The number of rotatable bonds is 0. The molecule has 1 saturated carbocycles. The van der Waals surface area contributed by atoms with Crippen LogP contribution in [0.4, 0.5) is 0 Å². The van der Waals surface area contributed by atoms with E-state index < -0.39 is 18.3 Å². The Kier molecular flexibility index (Phi) is 2.65. The topological polar surface area (TPSA) is 60.7 Å². The molecule has 1 aliphatic carbocycles. The van der Waals surface area contributed by atoms with Crippen molar-refractivity contribution in [3.63, 3.8) is 0 Å². The van der Waals surface area contributed by atoms with E-state index in [1.807, 2.05) is 0 Å². The lowest BCUT2D eigenvalue weighted by Crippen LogP contribution is -2.35. The SMILES string of the molecule is OC1CCCCC(O)C1O. The second kappa shape index (κ2) is 3.32.